The highest BCUT2D eigenvalue weighted by atomic mass is 16.5. The number of carboxylic acid groups (broad SMARTS) is 1. The van der Waals surface area contributed by atoms with E-state index in [2.05, 4.69) is 10.6 Å². The molecule has 1 saturated heterocycles. The molecule has 1 fully saturated rings. The molecule has 0 radical (unpaired) electrons. The van der Waals surface area contributed by atoms with Crippen LogP contribution in [-0.2, 0) is 9.53 Å². The molecule has 3 N–H and O–H groups in total. The van der Waals surface area contributed by atoms with Crippen LogP contribution < -0.4 is 10.6 Å². The van der Waals surface area contributed by atoms with Gasteiger partial charge in [-0.3, -0.25) is 0 Å². The molecule has 110 valence electrons. The normalized spacial score (nSPS) is 21.5. The van der Waals surface area contributed by atoms with Crippen molar-refractivity contribution in [2.24, 2.45) is 5.41 Å². The Morgan fingerprint density at radius 2 is 2.05 bits per heavy atom. The van der Waals surface area contributed by atoms with Crippen molar-refractivity contribution < 1.29 is 19.4 Å². The van der Waals surface area contributed by atoms with Gasteiger partial charge in [-0.15, -0.1) is 0 Å². The molecule has 2 amide bonds. The maximum absolute atomic E-state index is 11.7. The van der Waals surface area contributed by atoms with Crippen molar-refractivity contribution in [3.63, 3.8) is 0 Å². The lowest BCUT2D eigenvalue weighted by Crippen LogP contribution is -2.53. The van der Waals surface area contributed by atoms with Crippen LogP contribution in [0.25, 0.3) is 0 Å². The lowest BCUT2D eigenvalue weighted by molar-refractivity contribution is -0.141. The minimum absolute atomic E-state index is 0.0393. The van der Waals surface area contributed by atoms with Crippen LogP contribution in [0.1, 0.15) is 40.0 Å². The fourth-order valence-electron chi connectivity index (χ4n) is 2.01. The molecule has 19 heavy (non-hydrogen) atoms. The molecule has 2 atom stereocenters. The van der Waals surface area contributed by atoms with Crippen LogP contribution in [0.3, 0.4) is 0 Å². The molecule has 6 nitrogen and oxygen atoms in total. The maximum Gasteiger partial charge on any atom is 0.326 e. The van der Waals surface area contributed by atoms with Gasteiger partial charge in [0.2, 0.25) is 0 Å². The lowest BCUT2D eigenvalue weighted by atomic mass is 9.87. The molecule has 1 aliphatic heterocycles. The number of rotatable bonds is 4. The molecule has 0 aliphatic carbocycles. The van der Waals surface area contributed by atoms with E-state index in [1.807, 2.05) is 0 Å². The minimum Gasteiger partial charge on any atom is -0.480 e. The average Bonchev–Trinajstić information content (AvgIpc) is 2.33. The smallest absolute Gasteiger partial charge is 0.326 e. The van der Waals surface area contributed by atoms with Crippen LogP contribution in [0.5, 0.6) is 0 Å². The molecule has 1 heterocycles. The van der Waals surface area contributed by atoms with Gasteiger partial charge in [0.25, 0.3) is 0 Å². The number of hydrogen-bond acceptors (Lipinski definition) is 3. The second-order valence-electron chi connectivity index (χ2n) is 5.98. The minimum atomic E-state index is -1.03. The summed E-state index contributed by atoms with van der Waals surface area (Å²) in [5, 5.41) is 14.3. The molecule has 0 saturated carbocycles. The van der Waals surface area contributed by atoms with Gasteiger partial charge in [-0.1, -0.05) is 20.8 Å². The number of urea groups is 1. The molecule has 0 aromatic carbocycles. The lowest BCUT2D eigenvalue weighted by Gasteiger charge is -2.28. The summed E-state index contributed by atoms with van der Waals surface area (Å²) in [6.07, 6.45) is 3.14. The molecule has 6 heteroatoms. The highest BCUT2D eigenvalue weighted by Crippen LogP contribution is 2.19. The number of aliphatic carboxylic acids is 1. The molecule has 1 aliphatic rings. The summed E-state index contributed by atoms with van der Waals surface area (Å²) in [5.41, 5.74) is -0.537. The Morgan fingerprint density at radius 1 is 1.37 bits per heavy atom. The topological polar surface area (TPSA) is 87.7 Å². The number of hydrogen-bond donors (Lipinski definition) is 3. The summed E-state index contributed by atoms with van der Waals surface area (Å²) in [7, 11) is 0. The van der Waals surface area contributed by atoms with E-state index >= 15 is 0 Å². The maximum atomic E-state index is 11.7. The molecule has 0 aromatic heterocycles. The van der Waals surface area contributed by atoms with Gasteiger partial charge in [0.1, 0.15) is 6.04 Å². The summed E-state index contributed by atoms with van der Waals surface area (Å²) in [6, 6.07) is -1.38. The highest BCUT2D eigenvalue weighted by molar-refractivity contribution is 5.83. The Kier molecular flexibility index (Phi) is 5.60. The third-order valence-electron chi connectivity index (χ3n) is 3.15. The summed E-state index contributed by atoms with van der Waals surface area (Å²) in [5.74, 6) is -1.03. The van der Waals surface area contributed by atoms with Gasteiger partial charge >= 0.3 is 12.0 Å². The standard InChI is InChI=1S/C13H24N2O4/c1-13(2,3)10(11(16)17)15-12(18)14-8-9-6-4-5-7-19-9/h9-10H,4-8H2,1-3H3,(H,16,17)(H2,14,15,18)/t9?,10-/m0/s1. The highest BCUT2D eigenvalue weighted by Gasteiger charge is 2.32. The van der Waals surface area contributed by atoms with E-state index < -0.39 is 23.5 Å². The Bertz CT molecular complexity index is 319. The van der Waals surface area contributed by atoms with E-state index in [4.69, 9.17) is 9.84 Å². The predicted octanol–water partition coefficient (Wildman–Crippen LogP) is 1.35. The van der Waals surface area contributed by atoms with Gasteiger partial charge < -0.3 is 20.5 Å². The number of carbonyl (C=O) groups is 2. The van der Waals surface area contributed by atoms with E-state index in [0.717, 1.165) is 25.9 Å². The zero-order chi connectivity index (χ0) is 14.5. The number of ether oxygens (including phenoxy) is 1. The van der Waals surface area contributed by atoms with Crippen LogP contribution in [0, 0.1) is 5.41 Å². The summed E-state index contributed by atoms with van der Waals surface area (Å²) >= 11 is 0. The van der Waals surface area contributed by atoms with E-state index in [1.165, 1.54) is 0 Å². The molecule has 1 unspecified atom stereocenters. The summed E-state index contributed by atoms with van der Waals surface area (Å²) in [4.78, 5) is 22.8. The van der Waals surface area contributed by atoms with Crippen molar-refractivity contribution in [2.75, 3.05) is 13.2 Å². The van der Waals surface area contributed by atoms with Crippen LogP contribution in [-0.4, -0.2) is 42.4 Å². The van der Waals surface area contributed by atoms with Crippen LogP contribution in [0.4, 0.5) is 4.79 Å². The van der Waals surface area contributed by atoms with Crippen molar-refractivity contribution in [3.8, 4) is 0 Å². The zero-order valence-corrected chi connectivity index (χ0v) is 11.9. The fraction of sp³-hybridized carbons (Fsp3) is 0.846. The van der Waals surface area contributed by atoms with Crippen molar-refractivity contribution in [1.82, 2.24) is 10.6 Å². The third kappa shape index (κ3) is 5.46. The van der Waals surface area contributed by atoms with Crippen molar-refractivity contribution in [3.05, 3.63) is 0 Å². The van der Waals surface area contributed by atoms with Crippen LogP contribution in [0.2, 0.25) is 0 Å². The van der Waals surface area contributed by atoms with E-state index in [9.17, 15) is 9.59 Å². The number of amides is 2. The second kappa shape index (κ2) is 6.75. The molecule has 1 rings (SSSR count). The Labute approximate surface area is 113 Å². The number of carbonyl (C=O) groups excluding carboxylic acids is 1. The largest absolute Gasteiger partial charge is 0.480 e. The third-order valence-corrected chi connectivity index (χ3v) is 3.15. The first-order valence-corrected chi connectivity index (χ1v) is 6.69. The van der Waals surface area contributed by atoms with E-state index in [-0.39, 0.29) is 6.10 Å². The van der Waals surface area contributed by atoms with Gasteiger partial charge in [0.15, 0.2) is 0 Å². The Hall–Kier alpha value is -1.30. The van der Waals surface area contributed by atoms with Gasteiger partial charge in [-0.2, -0.15) is 0 Å². The van der Waals surface area contributed by atoms with Crippen molar-refractivity contribution >= 4 is 12.0 Å². The van der Waals surface area contributed by atoms with Crippen LogP contribution >= 0.6 is 0 Å². The fourth-order valence-corrected chi connectivity index (χ4v) is 2.01. The van der Waals surface area contributed by atoms with Crippen molar-refractivity contribution in [2.45, 2.75) is 52.2 Å². The van der Waals surface area contributed by atoms with E-state index in [0.29, 0.717) is 6.54 Å². The molecule has 0 aromatic rings. The van der Waals surface area contributed by atoms with Crippen molar-refractivity contribution in [1.29, 1.82) is 0 Å². The number of nitrogens with one attached hydrogen (secondary N) is 2. The molecular weight excluding hydrogens is 248 g/mol. The predicted molar refractivity (Wildman–Crippen MR) is 71.0 cm³/mol. The summed E-state index contributed by atoms with van der Waals surface area (Å²) < 4.78 is 5.49. The average molecular weight is 272 g/mol. The first-order valence-electron chi connectivity index (χ1n) is 6.69. The second-order valence-corrected chi connectivity index (χ2v) is 5.98. The quantitative estimate of drug-likeness (QED) is 0.721. The first-order chi connectivity index (χ1) is 8.80. The van der Waals surface area contributed by atoms with Crippen LogP contribution in [0.15, 0.2) is 0 Å². The molecular formula is C13H24N2O4. The SMILES string of the molecule is CC(C)(C)[C@@H](NC(=O)NCC1CCCCO1)C(=O)O. The zero-order valence-electron chi connectivity index (χ0n) is 11.9. The van der Waals surface area contributed by atoms with Gasteiger partial charge in [0, 0.05) is 13.2 Å². The Balaban J connectivity index is 2.38. The molecule has 0 spiro atoms. The Morgan fingerprint density at radius 3 is 2.53 bits per heavy atom. The first kappa shape index (κ1) is 15.8. The van der Waals surface area contributed by atoms with Gasteiger partial charge in [-0.25, -0.2) is 9.59 Å². The van der Waals surface area contributed by atoms with Gasteiger partial charge in [0.05, 0.1) is 6.10 Å². The van der Waals surface area contributed by atoms with Gasteiger partial charge in [-0.05, 0) is 24.7 Å². The summed E-state index contributed by atoms with van der Waals surface area (Å²) in [6.45, 7) is 6.47. The monoisotopic (exact) mass is 272 g/mol. The van der Waals surface area contributed by atoms with E-state index in [1.54, 1.807) is 20.8 Å². The molecule has 0 bridgehead atoms. The number of carboxylic acids is 1.